The predicted octanol–water partition coefficient (Wildman–Crippen LogP) is 1.82. The summed E-state index contributed by atoms with van der Waals surface area (Å²) in [4.78, 5) is 12.2. The van der Waals surface area contributed by atoms with E-state index in [4.69, 9.17) is 0 Å². The van der Waals surface area contributed by atoms with Gasteiger partial charge in [-0.3, -0.25) is 4.79 Å². The molecule has 1 aliphatic heterocycles. The standard InChI is InChI=1S/C12H18N2O2/c15-10-11(5-1-2-6-11)9(14-16)12(13-10)7-3-4-8-12/h16H,1-8H2,(H,13,15). The first kappa shape index (κ1) is 10.1. The van der Waals surface area contributed by atoms with Crippen molar-refractivity contribution in [3.63, 3.8) is 0 Å². The minimum Gasteiger partial charge on any atom is -0.411 e. The van der Waals surface area contributed by atoms with E-state index < -0.39 is 5.41 Å². The highest BCUT2D eigenvalue weighted by atomic mass is 16.4. The summed E-state index contributed by atoms with van der Waals surface area (Å²) in [5.74, 6) is 0.111. The fourth-order valence-electron chi connectivity index (χ4n) is 3.94. The molecule has 16 heavy (non-hydrogen) atoms. The van der Waals surface area contributed by atoms with Crippen LogP contribution in [0.1, 0.15) is 51.4 Å². The molecular formula is C12H18N2O2. The SMILES string of the molecule is O=C1NC2(CCCC2)C(=NO)C12CCCC2. The molecule has 1 heterocycles. The maximum atomic E-state index is 12.2. The van der Waals surface area contributed by atoms with Crippen LogP contribution in [-0.4, -0.2) is 22.4 Å². The maximum Gasteiger partial charge on any atom is 0.232 e. The number of carbonyl (C=O) groups is 1. The van der Waals surface area contributed by atoms with Crippen molar-refractivity contribution < 1.29 is 10.0 Å². The molecule has 0 aromatic carbocycles. The van der Waals surface area contributed by atoms with Crippen LogP contribution in [0.2, 0.25) is 0 Å². The van der Waals surface area contributed by atoms with E-state index in [9.17, 15) is 10.0 Å². The predicted molar refractivity (Wildman–Crippen MR) is 59.5 cm³/mol. The second-order valence-corrected chi connectivity index (χ2v) is 5.48. The average Bonchev–Trinajstić information content (AvgIpc) is 2.93. The largest absolute Gasteiger partial charge is 0.411 e. The topological polar surface area (TPSA) is 61.7 Å². The van der Waals surface area contributed by atoms with Gasteiger partial charge in [-0.2, -0.15) is 0 Å². The summed E-state index contributed by atoms with van der Waals surface area (Å²) < 4.78 is 0. The van der Waals surface area contributed by atoms with Gasteiger partial charge < -0.3 is 10.5 Å². The molecule has 0 radical (unpaired) electrons. The lowest BCUT2D eigenvalue weighted by atomic mass is 9.76. The van der Waals surface area contributed by atoms with Crippen molar-refractivity contribution in [2.24, 2.45) is 10.6 Å². The Morgan fingerprint density at radius 2 is 1.62 bits per heavy atom. The number of oxime groups is 1. The molecule has 1 amide bonds. The van der Waals surface area contributed by atoms with Gasteiger partial charge in [0.25, 0.3) is 0 Å². The summed E-state index contributed by atoms with van der Waals surface area (Å²) in [6, 6.07) is 0. The third-order valence-electron chi connectivity index (χ3n) is 4.71. The molecule has 2 saturated carbocycles. The fourth-order valence-corrected chi connectivity index (χ4v) is 3.94. The van der Waals surface area contributed by atoms with Crippen LogP contribution < -0.4 is 5.32 Å². The summed E-state index contributed by atoms with van der Waals surface area (Å²) in [6.07, 6.45) is 8.00. The first-order chi connectivity index (χ1) is 7.73. The summed E-state index contributed by atoms with van der Waals surface area (Å²) in [7, 11) is 0. The van der Waals surface area contributed by atoms with Crippen molar-refractivity contribution in [2.75, 3.05) is 0 Å². The van der Waals surface area contributed by atoms with Gasteiger partial charge in [0.15, 0.2) is 0 Å². The number of hydrogen-bond acceptors (Lipinski definition) is 3. The van der Waals surface area contributed by atoms with Crippen molar-refractivity contribution >= 4 is 11.6 Å². The third-order valence-corrected chi connectivity index (χ3v) is 4.71. The van der Waals surface area contributed by atoms with E-state index in [0.29, 0.717) is 0 Å². The number of nitrogens with zero attached hydrogens (tertiary/aromatic N) is 1. The molecular weight excluding hydrogens is 204 g/mol. The van der Waals surface area contributed by atoms with Crippen LogP contribution in [0.4, 0.5) is 0 Å². The quantitative estimate of drug-likeness (QED) is 0.485. The Labute approximate surface area is 95.1 Å². The van der Waals surface area contributed by atoms with E-state index in [1.165, 1.54) is 0 Å². The van der Waals surface area contributed by atoms with Crippen molar-refractivity contribution in [3.05, 3.63) is 0 Å². The molecule has 3 fully saturated rings. The minimum atomic E-state index is -0.459. The molecule has 2 aliphatic carbocycles. The molecule has 1 saturated heterocycles. The summed E-state index contributed by atoms with van der Waals surface area (Å²) in [5.41, 5.74) is -0.00470. The Morgan fingerprint density at radius 1 is 1.06 bits per heavy atom. The van der Waals surface area contributed by atoms with Crippen molar-refractivity contribution in [1.82, 2.24) is 5.32 Å². The highest BCUT2D eigenvalue weighted by Gasteiger charge is 2.61. The van der Waals surface area contributed by atoms with Gasteiger partial charge in [-0.05, 0) is 25.7 Å². The van der Waals surface area contributed by atoms with Gasteiger partial charge in [-0.15, -0.1) is 0 Å². The number of hydrogen-bond donors (Lipinski definition) is 2. The lowest BCUT2D eigenvalue weighted by Gasteiger charge is -2.26. The fraction of sp³-hybridized carbons (Fsp3) is 0.833. The Kier molecular flexibility index (Phi) is 2.03. The molecule has 2 spiro atoms. The monoisotopic (exact) mass is 222 g/mol. The van der Waals surface area contributed by atoms with E-state index in [2.05, 4.69) is 10.5 Å². The van der Waals surface area contributed by atoms with Crippen molar-refractivity contribution in [1.29, 1.82) is 0 Å². The third kappa shape index (κ3) is 1.05. The number of nitrogens with one attached hydrogen (secondary N) is 1. The highest BCUT2D eigenvalue weighted by molar-refractivity contribution is 6.19. The van der Waals surface area contributed by atoms with Crippen molar-refractivity contribution in [2.45, 2.75) is 56.9 Å². The molecule has 2 N–H and O–H groups in total. The molecule has 0 unspecified atom stereocenters. The molecule has 0 aromatic heterocycles. The zero-order valence-electron chi connectivity index (χ0n) is 9.46. The van der Waals surface area contributed by atoms with Gasteiger partial charge in [0.05, 0.1) is 16.7 Å². The van der Waals surface area contributed by atoms with Crippen molar-refractivity contribution in [3.8, 4) is 0 Å². The Hall–Kier alpha value is -1.06. The van der Waals surface area contributed by atoms with Gasteiger partial charge in [0.2, 0.25) is 5.91 Å². The van der Waals surface area contributed by atoms with E-state index in [-0.39, 0.29) is 11.4 Å². The van der Waals surface area contributed by atoms with Crippen LogP contribution >= 0.6 is 0 Å². The van der Waals surface area contributed by atoms with E-state index >= 15 is 0 Å². The normalized spacial score (nSPS) is 33.0. The lowest BCUT2D eigenvalue weighted by Crippen LogP contribution is -2.44. The maximum absolute atomic E-state index is 12.2. The smallest absolute Gasteiger partial charge is 0.232 e. The van der Waals surface area contributed by atoms with Crippen LogP contribution in [0.25, 0.3) is 0 Å². The zero-order chi connectivity index (χ0) is 11.2. The summed E-state index contributed by atoms with van der Waals surface area (Å²) >= 11 is 0. The summed E-state index contributed by atoms with van der Waals surface area (Å²) in [5, 5.41) is 16.0. The molecule has 0 atom stereocenters. The lowest BCUT2D eigenvalue weighted by molar-refractivity contribution is -0.126. The molecule has 4 nitrogen and oxygen atoms in total. The number of carbonyl (C=O) groups excluding carboxylic acids is 1. The second kappa shape index (κ2) is 3.22. The van der Waals surface area contributed by atoms with E-state index in [1.807, 2.05) is 0 Å². The number of rotatable bonds is 0. The Morgan fingerprint density at radius 3 is 2.19 bits per heavy atom. The average molecular weight is 222 g/mol. The van der Waals surface area contributed by atoms with Crippen LogP contribution in [0.15, 0.2) is 5.16 Å². The van der Waals surface area contributed by atoms with Crippen LogP contribution in [-0.2, 0) is 4.79 Å². The van der Waals surface area contributed by atoms with Crippen LogP contribution in [0.5, 0.6) is 0 Å². The zero-order valence-corrected chi connectivity index (χ0v) is 9.46. The molecule has 0 bridgehead atoms. The molecule has 3 rings (SSSR count). The van der Waals surface area contributed by atoms with Gasteiger partial charge >= 0.3 is 0 Å². The first-order valence-electron chi connectivity index (χ1n) is 6.29. The molecule has 3 aliphatic rings. The van der Waals surface area contributed by atoms with E-state index in [0.717, 1.165) is 57.1 Å². The van der Waals surface area contributed by atoms with E-state index in [1.54, 1.807) is 0 Å². The van der Waals surface area contributed by atoms with Gasteiger partial charge in [-0.25, -0.2) is 0 Å². The molecule has 4 heteroatoms. The Bertz CT molecular complexity index is 350. The van der Waals surface area contributed by atoms with Crippen LogP contribution in [0.3, 0.4) is 0 Å². The minimum absolute atomic E-state index is 0.111. The first-order valence-corrected chi connectivity index (χ1v) is 6.29. The molecule has 88 valence electrons. The highest BCUT2D eigenvalue weighted by Crippen LogP contribution is 2.50. The summed E-state index contributed by atoms with van der Waals surface area (Å²) in [6.45, 7) is 0. The number of amides is 1. The van der Waals surface area contributed by atoms with Crippen LogP contribution in [0, 0.1) is 5.41 Å². The van der Waals surface area contributed by atoms with Gasteiger partial charge in [-0.1, -0.05) is 30.8 Å². The van der Waals surface area contributed by atoms with Gasteiger partial charge in [0.1, 0.15) is 0 Å². The Balaban J connectivity index is 2.05. The van der Waals surface area contributed by atoms with Gasteiger partial charge in [0, 0.05) is 0 Å². The molecule has 0 aromatic rings. The second-order valence-electron chi connectivity index (χ2n) is 5.48.